The predicted octanol–water partition coefficient (Wildman–Crippen LogP) is 4.53. The lowest BCUT2D eigenvalue weighted by molar-refractivity contribution is 0.0592. The lowest BCUT2D eigenvalue weighted by Crippen LogP contribution is -2.14. The van der Waals surface area contributed by atoms with E-state index in [0.29, 0.717) is 11.7 Å². The normalized spacial score (nSPS) is 13.2. The molecule has 1 heterocycles. The van der Waals surface area contributed by atoms with Crippen molar-refractivity contribution in [2.24, 2.45) is 0 Å². The maximum atomic E-state index is 12.9. The van der Waals surface area contributed by atoms with E-state index in [1.807, 2.05) is 37.3 Å². The molecule has 2 aromatic carbocycles. The summed E-state index contributed by atoms with van der Waals surface area (Å²) < 4.78 is 16.2. The molecular formula is C22H19NO5. The average Bonchev–Trinajstić information content (AvgIpc) is 3.47. The Kier molecular flexibility index (Phi) is 4.69. The number of benzene rings is 2. The number of nitrogens with zero attached hydrogens (tertiary/aromatic N) is 1. The molecule has 0 N–H and O–H groups in total. The molecule has 0 atom stereocenters. The molecule has 28 heavy (non-hydrogen) atoms. The van der Waals surface area contributed by atoms with Crippen molar-refractivity contribution < 1.29 is 23.5 Å². The predicted molar refractivity (Wildman–Crippen MR) is 101 cm³/mol. The van der Waals surface area contributed by atoms with Crippen molar-refractivity contribution in [2.75, 3.05) is 7.11 Å². The number of aromatic nitrogens is 1. The molecule has 0 unspecified atom stereocenters. The lowest BCUT2D eigenvalue weighted by Gasteiger charge is -2.09. The first kappa shape index (κ1) is 18.0. The SMILES string of the molecule is COC(=O)c1cc(C)ccc1OC(=O)c1nc(-c2ccccc2)oc1C1CC1. The van der Waals surface area contributed by atoms with Gasteiger partial charge in [0.05, 0.1) is 7.11 Å². The third kappa shape index (κ3) is 3.53. The number of rotatable bonds is 5. The van der Waals surface area contributed by atoms with Gasteiger partial charge >= 0.3 is 11.9 Å². The van der Waals surface area contributed by atoms with Crippen LogP contribution >= 0.6 is 0 Å². The van der Waals surface area contributed by atoms with Gasteiger partial charge in [0.2, 0.25) is 5.89 Å². The van der Waals surface area contributed by atoms with Crippen LogP contribution in [-0.4, -0.2) is 24.0 Å². The van der Waals surface area contributed by atoms with Gasteiger partial charge in [-0.3, -0.25) is 0 Å². The zero-order valence-corrected chi connectivity index (χ0v) is 15.6. The Balaban J connectivity index is 1.68. The van der Waals surface area contributed by atoms with Crippen LogP contribution in [0.4, 0.5) is 0 Å². The Morgan fingerprint density at radius 2 is 1.82 bits per heavy atom. The standard InChI is InChI=1S/C22H19NO5/c1-13-8-11-17(16(12-13)21(24)26-2)27-22(25)18-19(14-9-10-14)28-20(23-18)15-6-4-3-5-7-15/h3-8,11-12,14H,9-10H2,1-2H3. The highest BCUT2D eigenvalue weighted by Gasteiger charge is 2.35. The Labute approximate surface area is 162 Å². The van der Waals surface area contributed by atoms with Gasteiger partial charge in [0.1, 0.15) is 17.1 Å². The molecule has 6 nitrogen and oxygen atoms in total. The smallest absolute Gasteiger partial charge is 0.366 e. The lowest BCUT2D eigenvalue weighted by atomic mass is 10.1. The van der Waals surface area contributed by atoms with Crippen LogP contribution in [0.15, 0.2) is 52.9 Å². The van der Waals surface area contributed by atoms with Gasteiger partial charge in [-0.05, 0) is 49.6 Å². The Morgan fingerprint density at radius 3 is 2.50 bits per heavy atom. The van der Waals surface area contributed by atoms with Crippen molar-refractivity contribution >= 4 is 11.9 Å². The number of hydrogen-bond acceptors (Lipinski definition) is 6. The molecule has 6 heteroatoms. The Bertz CT molecular complexity index is 1030. The summed E-state index contributed by atoms with van der Waals surface area (Å²) in [5, 5.41) is 0. The minimum atomic E-state index is -0.651. The monoisotopic (exact) mass is 377 g/mol. The number of carbonyl (C=O) groups is 2. The van der Waals surface area contributed by atoms with Crippen LogP contribution in [0.5, 0.6) is 5.75 Å². The van der Waals surface area contributed by atoms with Crippen LogP contribution in [-0.2, 0) is 4.74 Å². The summed E-state index contributed by atoms with van der Waals surface area (Å²) >= 11 is 0. The highest BCUT2D eigenvalue weighted by atomic mass is 16.5. The minimum absolute atomic E-state index is 0.133. The second-order valence-electron chi connectivity index (χ2n) is 6.75. The molecule has 1 fully saturated rings. The number of hydrogen-bond donors (Lipinski definition) is 0. The largest absolute Gasteiger partial charge is 0.465 e. The highest BCUT2D eigenvalue weighted by Crippen LogP contribution is 2.43. The number of esters is 2. The summed E-state index contributed by atoms with van der Waals surface area (Å²) in [7, 11) is 1.28. The van der Waals surface area contributed by atoms with E-state index in [0.717, 1.165) is 24.0 Å². The second-order valence-corrected chi connectivity index (χ2v) is 6.75. The number of carbonyl (C=O) groups excluding carboxylic acids is 2. The Morgan fingerprint density at radius 1 is 1.07 bits per heavy atom. The van der Waals surface area contributed by atoms with Crippen LogP contribution in [0.1, 0.15) is 50.9 Å². The molecule has 1 saturated carbocycles. The molecule has 0 amide bonds. The molecular weight excluding hydrogens is 358 g/mol. The molecule has 0 saturated heterocycles. The molecule has 1 aromatic heterocycles. The number of aryl methyl sites for hydroxylation is 1. The van der Waals surface area contributed by atoms with Crippen LogP contribution < -0.4 is 4.74 Å². The molecule has 0 radical (unpaired) electrons. The molecule has 4 rings (SSSR count). The quantitative estimate of drug-likeness (QED) is 0.480. The summed E-state index contributed by atoms with van der Waals surface area (Å²) in [6.45, 7) is 1.84. The van der Waals surface area contributed by atoms with E-state index in [1.165, 1.54) is 7.11 Å². The maximum Gasteiger partial charge on any atom is 0.366 e. The molecule has 0 bridgehead atoms. The molecule has 1 aliphatic carbocycles. The fourth-order valence-corrected chi connectivity index (χ4v) is 2.96. The van der Waals surface area contributed by atoms with Crippen LogP contribution in [0.25, 0.3) is 11.5 Å². The molecule has 0 spiro atoms. The van der Waals surface area contributed by atoms with Crippen LogP contribution in [0, 0.1) is 6.92 Å². The van der Waals surface area contributed by atoms with Gasteiger partial charge in [-0.1, -0.05) is 24.3 Å². The van der Waals surface area contributed by atoms with Crippen molar-refractivity contribution in [1.29, 1.82) is 0 Å². The zero-order chi connectivity index (χ0) is 19.7. The fourth-order valence-electron chi connectivity index (χ4n) is 2.96. The maximum absolute atomic E-state index is 12.9. The zero-order valence-electron chi connectivity index (χ0n) is 15.6. The van der Waals surface area contributed by atoms with Crippen molar-refractivity contribution in [3.05, 3.63) is 71.1 Å². The molecule has 142 valence electrons. The topological polar surface area (TPSA) is 78.6 Å². The Hall–Kier alpha value is -3.41. The highest BCUT2D eigenvalue weighted by molar-refractivity contribution is 5.96. The summed E-state index contributed by atoms with van der Waals surface area (Å²) in [6.07, 6.45) is 1.89. The van der Waals surface area contributed by atoms with Gasteiger partial charge < -0.3 is 13.9 Å². The number of oxazole rings is 1. The summed E-state index contributed by atoms with van der Waals surface area (Å²) in [5.74, 6) is 0.00192. The average molecular weight is 377 g/mol. The van der Waals surface area contributed by atoms with E-state index in [9.17, 15) is 9.59 Å². The van der Waals surface area contributed by atoms with E-state index in [-0.39, 0.29) is 22.9 Å². The van der Waals surface area contributed by atoms with E-state index in [2.05, 4.69) is 4.98 Å². The first-order valence-electron chi connectivity index (χ1n) is 9.04. The number of methoxy groups -OCH3 is 1. The van der Waals surface area contributed by atoms with Crippen LogP contribution in [0.2, 0.25) is 0 Å². The molecule has 0 aliphatic heterocycles. The van der Waals surface area contributed by atoms with E-state index < -0.39 is 11.9 Å². The van der Waals surface area contributed by atoms with Gasteiger partial charge in [-0.25, -0.2) is 14.6 Å². The van der Waals surface area contributed by atoms with Gasteiger partial charge in [0.25, 0.3) is 0 Å². The first-order chi connectivity index (χ1) is 13.6. The molecule has 1 aliphatic rings. The fraction of sp³-hybridized carbons (Fsp3) is 0.227. The third-order valence-electron chi connectivity index (χ3n) is 4.56. The van der Waals surface area contributed by atoms with E-state index in [1.54, 1.807) is 18.2 Å². The van der Waals surface area contributed by atoms with Crippen molar-refractivity contribution in [1.82, 2.24) is 4.98 Å². The van der Waals surface area contributed by atoms with Crippen molar-refractivity contribution in [3.8, 4) is 17.2 Å². The van der Waals surface area contributed by atoms with Crippen molar-refractivity contribution in [3.63, 3.8) is 0 Å². The van der Waals surface area contributed by atoms with E-state index in [4.69, 9.17) is 13.9 Å². The van der Waals surface area contributed by atoms with E-state index >= 15 is 0 Å². The van der Waals surface area contributed by atoms with Gasteiger partial charge in [-0.15, -0.1) is 0 Å². The summed E-state index contributed by atoms with van der Waals surface area (Å²) in [4.78, 5) is 29.3. The number of ether oxygens (including phenoxy) is 2. The summed E-state index contributed by atoms with van der Waals surface area (Å²) in [5.41, 5.74) is 1.98. The first-order valence-corrected chi connectivity index (χ1v) is 9.04. The van der Waals surface area contributed by atoms with Gasteiger partial charge in [0.15, 0.2) is 5.69 Å². The summed E-state index contributed by atoms with van der Waals surface area (Å²) in [6, 6.07) is 14.3. The molecule has 3 aromatic rings. The second kappa shape index (κ2) is 7.31. The minimum Gasteiger partial charge on any atom is -0.465 e. The van der Waals surface area contributed by atoms with Gasteiger partial charge in [-0.2, -0.15) is 0 Å². The van der Waals surface area contributed by atoms with Gasteiger partial charge in [0, 0.05) is 11.5 Å². The van der Waals surface area contributed by atoms with Crippen LogP contribution in [0.3, 0.4) is 0 Å². The van der Waals surface area contributed by atoms with Crippen molar-refractivity contribution in [2.45, 2.75) is 25.7 Å². The third-order valence-corrected chi connectivity index (χ3v) is 4.56.